The zero-order chi connectivity index (χ0) is 16.2. The molecule has 0 amide bonds. The molecule has 116 valence electrons. The van der Waals surface area contributed by atoms with Crippen molar-refractivity contribution in [1.82, 2.24) is 4.57 Å². The number of phenols is 1. The van der Waals surface area contributed by atoms with Crippen LogP contribution in [0.5, 0.6) is 11.5 Å². The first-order valence-corrected chi connectivity index (χ1v) is 7.33. The van der Waals surface area contributed by atoms with Crippen LogP contribution in [-0.2, 0) is 6.61 Å². The van der Waals surface area contributed by atoms with Gasteiger partial charge in [0.1, 0.15) is 12.4 Å². The second-order valence-corrected chi connectivity index (χ2v) is 5.30. The van der Waals surface area contributed by atoms with E-state index in [-0.39, 0.29) is 11.2 Å². The predicted molar refractivity (Wildman–Crippen MR) is 89.2 cm³/mol. The molecular weight excluding hydrogens is 290 g/mol. The van der Waals surface area contributed by atoms with Crippen LogP contribution in [0.1, 0.15) is 11.3 Å². The average molecular weight is 307 g/mol. The molecule has 0 atom stereocenters. The maximum absolute atomic E-state index is 12.1. The summed E-state index contributed by atoms with van der Waals surface area (Å²) in [6.45, 7) is 2.20. The van der Waals surface area contributed by atoms with E-state index in [0.717, 1.165) is 16.9 Å². The summed E-state index contributed by atoms with van der Waals surface area (Å²) >= 11 is 0. The lowest BCUT2D eigenvalue weighted by Gasteiger charge is -2.13. The van der Waals surface area contributed by atoms with Gasteiger partial charge < -0.3 is 14.4 Å². The molecule has 4 heteroatoms. The summed E-state index contributed by atoms with van der Waals surface area (Å²) in [7, 11) is 0. The number of aryl methyl sites for hydroxylation is 1. The summed E-state index contributed by atoms with van der Waals surface area (Å²) in [5.41, 5.74) is 2.51. The SMILES string of the molecule is Cc1cc(=O)c(OCc2ccccc2)cn1-c1ccc(O)cc1. The van der Waals surface area contributed by atoms with Crippen LogP contribution in [0.4, 0.5) is 0 Å². The molecule has 0 unspecified atom stereocenters. The van der Waals surface area contributed by atoms with E-state index in [1.807, 2.05) is 41.8 Å². The first kappa shape index (κ1) is 14.9. The summed E-state index contributed by atoms with van der Waals surface area (Å²) in [6, 6.07) is 18.0. The van der Waals surface area contributed by atoms with Crippen LogP contribution in [-0.4, -0.2) is 9.67 Å². The molecule has 1 N–H and O–H groups in total. The highest BCUT2D eigenvalue weighted by Crippen LogP contribution is 2.17. The highest BCUT2D eigenvalue weighted by molar-refractivity contribution is 5.40. The third-order valence-corrected chi connectivity index (χ3v) is 3.57. The van der Waals surface area contributed by atoms with Gasteiger partial charge in [-0.05, 0) is 36.8 Å². The molecule has 3 rings (SSSR count). The lowest BCUT2D eigenvalue weighted by atomic mass is 10.2. The molecule has 0 fully saturated rings. The number of phenolic OH excluding ortho intramolecular Hbond substituents is 1. The van der Waals surface area contributed by atoms with Crippen molar-refractivity contribution in [2.24, 2.45) is 0 Å². The lowest BCUT2D eigenvalue weighted by Crippen LogP contribution is -2.12. The van der Waals surface area contributed by atoms with E-state index in [0.29, 0.717) is 12.4 Å². The van der Waals surface area contributed by atoms with Gasteiger partial charge in [-0.25, -0.2) is 0 Å². The van der Waals surface area contributed by atoms with Gasteiger partial charge in [0.25, 0.3) is 0 Å². The Kier molecular flexibility index (Phi) is 4.15. The van der Waals surface area contributed by atoms with E-state index >= 15 is 0 Å². The molecule has 23 heavy (non-hydrogen) atoms. The minimum Gasteiger partial charge on any atom is -0.508 e. The molecule has 0 saturated carbocycles. The van der Waals surface area contributed by atoms with Crippen LogP contribution in [0.25, 0.3) is 5.69 Å². The smallest absolute Gasteiger partial charge is 0.223 e. The molecule has 3 aromatic rings. The fourth-order valence-electron chi connectivity index (χ4n) is 2.35. The average Bonchev–Trinajstić information content (AvgIpc) is 2.56. The van der Waals surface area contributed by atoms with E-state index < -0.39 is 0 Å². The van der Waals surface area contributed by atoms with Crippen LogP contribution in [0, 0.1) is 6.92 Å². The van der Waals surface area contributed by atoms with Crippen molar-refractivity contribution in [1.29, 1.82) is 0 Å². The Hall–Kier alpha value is -3.01. The number of aromatic nitrogens is 1. The van der Waals surface area contributed by atoms with Crippen molar-refractivity contribution in [3.63, 3.8) is 0 Å². The molecule has 1 aromatic heterocycles. The molecule has 0 aliphatic heterocycles. The Morgan fingerprint density at radius 1 is 1.04 bits per heavy atom. The van der Waals surface area contributed by atoms with Gasteiger partial charge in [-0.15, -0.1) is 0 Å². The fourth-order valence-corrected chi connectivity index (χ4v) is 2.35. The molecule has 0 aliphatic rings. The zero-order valence-corrected chi connectivity index (χ0v) is 12.8. The van der Waals surface area contributed by atoms with Gasteiger partial charge in [-0.3, -0.25) is 4.79 Å². The van der Waals surface area contributed by atoms with E-state index in [1.54, 1.807) is 36.5 Å². The number of hydrogen-bond acceptors (Lipinski definition) is 3. The molecule has 4 nitrogen and oxygen atoms in total. The van der Waals surface area contributed by atoms with Crippen molar-refractivity contribution in [2.45, 2.75) is 13.5 Å². The first-order valence-electron chi connectivity index (χ1n) is 7.33. The van der Waals surface area contributed by atoms with Gasteiger partial charge in [-0.2, -0.15) is 0 Å². The van der Waals surface area contributed by atoms with Gasteiger partial charge in [0.15, 0.2) is 5.75 Å². The molecule has 0 aliphatic carbocycles. The summed E-state index contributed by atoms with van der Waals surface area (Å²) < 4.78 is 7.54. The first-order chi connectivity index (χ1) is 11.1. The molecule has 0 saturated heterocycles. The number of aromatic hydroxyl groups is 1. The van der Waals surface area contributed by atoms with E-state index in [4.69, 9.17) is 4.74 Å². The maximum Gasteiger partial charge on any atom is 0.223 e. The number of nitrogens with zero attached hydrogens (tertiary/aromatic N) is 1. The Balaban J connectivity index is 1.90. The topological polar surface area (TPSA) is 51.5 Å². The second-order valence-electron chi connectivity index (χ2n) is 5.30. The minimum absolute atomic E-state index is 0.145. The number of ether oxygens (including phenoxy) is 1. The molecule has 0 bridgehead atoms. The molecular formula is C19H17NO3. The quantitative estimate of drug-likeness (QED) is 0.803. The normalized spacial score (nSPS) is 10.5. The zero-order valence-electron chi connectivity index (χ0n) is 12.8. The van der Waals surface area contributed by atoms with Gasteiger partial charge in [0.05, 0.1) is 6.20 Å². The van der Waals surface area contributed by atoms with E-state index in [9.17, 15) is 9.90 Å². The third kappa shape index (κ3) is 3.43. The van der Waals surface area contributed by atoms with E-state index in [2.05, 4.69) is 0 Å². The lowest BCUT2D eigenvalue weighted by molar-refractivity contribution is 0.301. The van der Waals surface area contributed by atoms with Gasteiger partial charge in [0, 0.05) is 17.4 Å². The Morgan fingerprint density at radius 2 is 1.74 bits per heavy atom. The van der Waals surface area contributed by atoms with E-state index in [1.165, 1.54) is 0 Å². The molecule has 2 aromatic carbocycles. The van der Waals surface area contributed by atoms with Crippen LogP contribution in [0.2, 0.25) is 0 Å². The summed E-state index contributed by atoms with van der Waals surface area (Å²) in [4.78, 5) is 12.1. The fraction of sp³-hybridized carbons (Fsp3) is 0.105. The van der Waals surface area contributed by atoms with Gasteiger partial charge in [0.2, 0.25) is 5.43 Å². The number of hydrogen-bond donors (Lipinski definition) is 1. The Labute approximate surface area is 134 Å². The highest BCUT2D eigenvalue weighted by atomic mass is 16.5. The van der Waals surface area contributed by atoms with Gasteiger partial charge >= 0.3 is 0 Å². The monoisotopic (exact) mass is 307 g/mol. The summed E-state index contributed by atoms with van der Waals surface area (Å²) in [5, 5.41) is 9.40. The molecule has 1 heterocycles. The van der Waals surface area contributed by atoms with Crippen LogP contribution in [0.15, 0.2) is 71.7 Å². The van der Waals surface area contributed by atoms with Crippen LogP contribution < -0.4 is 10.2 Å². The number of rotatable bonds is 4. The van der Waals surface area contributed by atoms with Gasteiger partial charge in [-0.1, -0.05) is 30.3 Å². The Morgan fingerprint density at radius 3 is 2.43 bits per heavy atom. The summed E-state index contributed by atoms with van der Waals surface area (Å²) in [6.07, 6.45) is 1.69. The van der Waals surface area contributed by atoms with Crippen molar-refractivity contribution < 1.29 is 9.84 Å². The van der Waals surface area contributed by atoms with Crippen molar-refractivity contribution in [3.8, 4) is 17.2 Å². The maximum atomic E-state index is 12.1. The van der Waals surface area contributed by atoms with Crippen molar-refractivity contribution >= 4 is 0 Å². The van der Waals surface area contributed by atoms with Crippen LogP contribution in [0.3, 0.4) is 0 Å². The standard InChI is InChI=1S/C19H17NO3/c1-14-11-18(22)19(23-13-15-5-3-2-4-6-15)12-20(14)16-7-9-17(21)10-8-16/h2-12,21H,13H2,1H3. The molecule has 0 radical (unpaired) electrons. The number of benzene rings is 2. The van der Waals surface area contributed by atoms with Crippen molar-refractivity contribution in [3.05, 3.63) is 88.3 Å². The second kappa shape index (κ2) is 6.40. The van der Waals surface area contributed by atoms with Crippen molar-refractivity contribution in [2.75, 3.05) is 0 Å². The minimum atomic E-state index is -0.145. The number of pyridine rings is 1. The largest absolute Gasteiger partial charge is 0.508 e. The third-order valence-electron chi connectivity index (χ3n) is 3.57. The summed E-state index contributed by atoms with van der Waals surface area (Å²) in [5.74, 6) is 0.500. The molecule has 0 spiro atoms. The highest BCUT2D eigenvalue weighted by Gasteiger charge is 2.07. The predicted octanol–water partition coefficient (Wildman–Crippen LogP) is 3.43. The Bertz CT molecular complexity index is 852. The van der Waals surface area contributed by atoms with Crippen LogP contribution >= 0.6 is 0 Å².